The molecule has 0 radical (unpaired) electrons. The zero-order valence-electron chi connectivity index (χ0n) is 13.2. The summed E-state index contributed by atoms with van der Waals surface area (Å²) in [5.74, 6) is 1.07. The van der Waals surface area contributed by atoms with Gasteiger partial charge in [-0.2, -0.15) is 5.26 Å². The van der Waals surface area contributed by atoms with Crippen molar-refractivity contribution >= 4 is 33.6 Å². The number of nitriles is 1. The van der Waals surface area contributed by atoms with Crippen molar-refractivity contribution in [3.05, 3.63) is 52.0 Å². The van der Waals surface area contributed by atoms with Gasteiger partial charge in [0.2, 0.25) is 6.79 Å². The van der Waals surface area contributed by atoms with E-state index in [9.17, 15) is 10.1 Å². The van der Waals surface area contributed by atoms with Crippen LogP contribution in [0, 0.1) is 11.3 Å². The first-order chi connectivity index (χ1) is 12.1. The molecule has 0 unspecified atom stereocenters. The minimum atomic E-state index is -0.510. The van der Waals surface area contributed by atoms with Gasteiger partial charge in [-0.15, -0.1) is 0 Å². The molecular weight excluding hydrogens is 388 g/mol. The first-order valence-electron chi connectivity index (χ1n) is 7.27. The van der Waals surface area contributed by atoms with Crippen molar-refractivity contribution < 1.29 is 19.0 Å². The number of carbonyl (C=O) groups is 1. The van der Waals surface area contributed by atoms with Crippen LogP contribution in [0.4, 0.5) is 5.69 Å². The van der Waals surface area contributed by atoms with Crippen LogP contribution in [-0.2, 0) is 4.79 Å². The fraction of sp³-hybridized carbons (Fsp3) is 0.111. The molecule has 1 amide bonds. The third kappa shape index (κ3) is 3.75. The minimum absolute atomic E-state index is 0.0555. The largest absolute Gasteiger partial charge is 0.496 e. The lowest BCUT2D eigenvalue weighted by molar-refractivity contribution is -0.112. The maximum atomic E-state index is 12.4. The molecule has 6 nitrogen and oxygen atoms in total. The van der Waals surface area contributed by atoms with E-state index < -0.39 is 5.91 Å². The van der Waals surface area contributed by atoms with Crippen molar-refractivity contribution in [2.75, 3.05) is 19.2 Å². The Kier molecular flexibility index (Phi) is 4.91. The molecule has 0 bridgehead atoms. The Morgan fingerprint density at radius 3 is 2.60 bits per heavy atom. The van der Waals surface area contributed by atoms with Crippen LogP contribution in [0.15, 0.2) is 46.4 Å². The topological polar surface area (TPSA) is 80.6 Å². The highest BCUT2D eigenvalue weighted by molar-refractivity contribution is 9.10. The zero-order chi connectivity index (χ0) is 17.8. The zero-order valence-corrected chi connectivity index (χ0v) is 14.8. The van der Waals surface area contributed by atoms with Gasteiger partial charge in [-0.1, -0.05) is 15.9 Å². The maximum Gasteiger partial charge on any atom is 0.266 e. The number of hydrogen-bond acceptors (Lipinski definition) is 5. The van der Waals surface area contributed by atoms with Crippen LogP contribution >= 0.6 is 15.9 Å². The lowest BCUT2D eigenvalue weighted by atomic mass is 10.1. The quantitative estimate of drug-likeness (QED) is 0.624. The molecule has 126 valence electrons. The number of amides is 1. The number of hydrogen-bond donors (Lipinski definition) is 1. The molecule has 7 heteroatoms. The van der Waals surface area contributed by atoms with Gasteiger partial charge in [0.25, 0.3) is 5.91 Å². The predicted octanol–water partition coefficient (Wildman–Crippen LogP) is 3.73. The van der Waals surface area contributed by atoms with Gasteiger partial charge >= 0.3 is 0 Å². The number of anilines is 1. The van der Waals surface area contributed by atoms with Crippen molar-refractivity contribution in [2.45, 2.75) is 0 Å². The van der Waals surface area contributed by atoms with Gasteiger partial charge < -0.3 is 19.5 Å². The normalized spacial score (nSPS) is 12.4. The van der Waals surface area contributed by atoms with E-state index in [4.69, 9.17) is 14.2 Å². The summed E-state index contributed by atoms with van der Waals surface area (Å²) in [4.78, 5) is 12.4. The van der Waals surface area contributed by atoms with E-state index in [0.717, 1.165) is 4.47 Å². The fourth-order valence-corrected chi connectivity index (χ4v) is 2.53. The Morgan fingerprint density at radius 1 is 1.28 bits per heavy atom. The average molecular weight is 401 g/mol. The third-order valence-corrected chi connectivity index (χ3v) is 4.02. The van der Waals surface area contributed by atoms with Crippen LogP contribution in [0.2, 0.25) is 0 Å². The average Bonchev–Trinajstić information content (AvgIpc) is 3.07. The summed E-state index contributed by atoms with van der Waals surface area (Å²) in [6.07, 6.45) is 1.45. The van der Waals surface area contributed by atoms with Gasteiger partial charge in [0.05, 0.1) is 7.11 Å². The molecule has 1 aliphatic heterocycles. The molecule has 1 N–H and O–H groups in total. The van der Waals surface area contributed by atoms with Gasteiger partial charge in [0.15, 0.2) is 11.5 Å². The highest BCUT2D eigenvalue weighted by Crippen LogP contribution is 2.38. The van der Waals surface area contributed by atoms with Crippen LogP contribution < -0.4 is 19.5 Å². The molecule has 0 aliphatic carbocycles. The van der Waals surface area contributed by atoms with E-state index >= 15 is 0 Å². The van der Waals surface area contributed by atoms with E-state index in [-0.39, 0.29) is 12.4 Å². The summed E-state index contributed by atoms with van der Waals surface area (Å²) in [6, 6.07) is 12.3. The molecule has 3 rings (SSSR count). The van der Waals surface area contributed by atoms with Gasteiger partial charge in [-0.25, -0.2) is 0 Å². The lowest BCUT2D eigenvalue weighted by Crippen LogP contribution is -2.13. The van der Waals surface area contributed by atoms with Crippen LogP contribution in [0.5, 0.6) is 17.2 Å². The van der Waals surface area contributed by atoms with E-state index in [1.807, 2.05) is 6.07 Å². The summed E-state index contributed by atoms with van der Waals surface area (Å²) in [6.45, 7) is 0.126. The molecule has 0 saturated carbocycles. The second-order valence-corrected chi connectivity index (χ2v) is 5.99. The molecule has 1 heterocycles. The first kappa shape index (κ1) is 16.9. The number of fused-ring (bicyclic) bond motifs is 1. The lowest BCUT2D eigenvalue weighted by Gasteiger charge is -2.08. The molecule has 1 aliphatic rings. The number of halogens is 1. The minimum Gasteiger partial charge on any atom is -0.496 e. The molecule has 25 heavy (non-hydrogen) atoms. The van der Waals surface area contributed by atoms with Gasteiger partial charge in [-0.3, -0.25) is 4.79 Å². The van der Waals surface area contributed by atoms with Crippen LogP contribution in [0.1, 0.15) is 5.56 Å². The number of rotatable bonds is 4. The number of methoxy groups -OCH3 is 1. The van der Waals surface area contributed by atoms with Gasteiger partial charge in [0, 0.05) is 21.8 Å². The summed E-state index contributed by atoms with van der Waals surface area (Å²) in [5.41, 5.74) is 1.08. The predicted molar refractivity (Wildman–Crippen MR) is 95.5 cm³/mol. The molecule has 0 aromatic heterocycles. The Balaban J connectivity index is 1.88. The molecule has 0 atom stereocenters. The molecule has 0 spiro atoms. The highest BCUT2D eigenvalue weighted by Gasteiger charge is 2.18. The van der Waals surface area contributed by atoms with E-state index in [0.29, 0.717) is 28.5 Å². The van der Waals surface area contributed by atoms with Crippen molar-refractivity contribution in [1.82, 2.24) is 0 Å². The number of benzene rings is 2. The van der Waals surface area contributed by atoms with Crippen LogP contribution in [0.3, 0.4) is 0 Å². The summed E-state index contributed by atoms with van der Waals surface area (Å²) in [7, 11) is 1.50. The van der Waals surface area contributed by atoms with Gasteiger partial charge in [-0.05, 0) is 36.4 Å². The third-order valence-electron chi connectivity index (χ3n) is 3.49. The van der Waals surface area contributed by atoms with E-state index in [2.05, 4.69) is 21.2 Å². The second kappa shape index (κ2) is 7.28. The first-order valence-corrected chi connectivity index (χ1v) is 8.06. The van der Waals surface area contributed by atoms with Crippen molar-refractivity contribution in [3.8, 4) is 23.3 Å². The van der Waals surface area contributed by atoms with E-state index in [1.54, 1.807) is 36.4 Å². The maximum absolute atomic E-state index is 12.4. The highest BCUT2D eigenvalue weighted by atomic mass is 79.9. The van der Waals surface area contributed by atoms with Crippen molar-refractivity contribution in [3.63, 3.8) is 0 Å². The molecular formula is C18H13BrN2O4. The number of nitrogens with one attached hydrogen (secondary N) is 1. The second-order valence-electron chi connectivity index (χ2n) is 5.08. The monoisotopic (exact) mass is 400 g/mol. The molecule has 0 fully saturated rings. The molecule has 2 aromatic carbocycles. The Bertz CT molecular complexity index is 885. The number of nitrogens with zero attached hydrogens (tertiary/aromatic N) is 1. The van der Waals surface area contributed by atoms with Crippen LogP contribution in [0.25, 0.3) is 6.08 Å². The summed E-state index contributed by atoms with van der Waals surface area (Å²) >= 11 is 3.33. The Hall–Kier alpha value is -2.98. The number of carbonyl (C=O) groups excluding carboxylic acids is 1. The molecule has 2 aromatic rings. The summed E-state index contributed by atoms with van der Waals surface area (Å²) in [5, 5.41) is 12.0. The van der Waals surface area contributed by atoms with Crippen molar-refractivity contribution in [1.29, 1.82) is 5.26 Å². The Labute approximate surface area is 152 Å². The Morgan fingerprint density at radius 2 is 1.96 bits per heavy atom. The smallest absolute Gasteiger partial charge is 0.266 e. The van der Waals surface area contributed by atoms with Crippen LogP contribution in [-0.4, -0.2) is 19.8 Å². The standard InChI is InChI=1S/C18H13BrN2O4/c1-23-15-8-17-16(24-10-25-17)7-11(15)6-12(9-20)18(22)21-14-4-2-13(19)3-5-14/h2-8H,10H2,1H3,(H,21,22)/b12-6+. The SMILES string of the molecule is COc1cc2c(cc1/C=C(\C#N)C(=O)Nc1ccc(Br)cc1)OCO2. The number of ether oxygens (including phenoxy) is 3. The fourth-order valence-electron chi connectivity index (χ4n) is 2.26. The molecule has 0 saturated heterocycles. The van der Waals surface area contributed by atoms with E-state index in [1.165, 1.54) is 13.2 Å². The van der Waals surface area contributed by atoms with Gasteiger partial charge in [0.1, 0.15) is 17.4 Å². The summed E-state index contributed by atoms with van der Waals surface area (Å²) < 4.78 is 16.8. The van der Waals surface area contributed by atoms with Crippen molar-refractivity contribution in [2.24, 2.45) is 0 Å².